The lowest BCUT2D eigenvalue weighted by Crippen LogP contribution is -2.40. The van der Waals surface area contributed by atoms with E-state index in [1.807, 2.05) is 43.0 Å². The molecule has 2 aromatic heterocycles. The van der Waals surface area contributed by atoms with Crippen molar-refractivity contribution in [2.75, 3.05) is 18.4 Å². The Balaban J connectivity index is 1.32. The number of amides is 2. The van der Waals surface area contributed by atoms with Crippen LogP contribution in [0.2, 0.25) is 0 Å². The molecule has 1 aliphatic rings. The van der Waals surface area contributed by atoms with Crippen LogP contribution in [-0.2, 0) is 6.42 Å². The number of benzene rings is 1. The normalized spacial score (nSPS) is 15.0. The third-order valence-corrected chi connectivity index (χ3v) is 4.93. The summed E-state index contributed by atoms with van der Waals surface area (Å²) in [5, 5.41) is 14.0. The highest BCUT2D eigenvalue weighted by Crippen LogP contribution is 2.26. The molecule has 146 valence electrons. The van der Waals surface area contributed by atoms with Crippen LogP contribution in [0.3, 0.4) is 0 Å². The molecule has 1 saturated heterocycles. The van der Waals surface area contributed by atoms with E-state index in [0.29, 0.717) is 30.7 Å². The molecule has 0 unspecified atom stereocenters. The summed E-state index contributed by atoms with van der Waals surface area (Å²) in [6.07, 6.45) is 2.45. The summed E-state index contributed by atoms with van der Waals surface area (Å²) in [6.45, 7) is 5.24. The molecule has 1 aliphatic heterocycles. The number of hydrogen-bond acceptors (Lipinski definition) is 6. The van der Waals surface area contributed by atoms with Crippen LogP contribution in [0.25, 0.3) is 11.5 Å². The van der Waals surface area contributed by atoms with E-state index in [0.717, 1.165) is 42.2 Å². The molecule has 2 N–H and O–H groups in total. The number of aromatic nitrogens is 5. The molecule has 9 nitrogen and oxygen atoms in total. The summed E-state index contributed by atoms with van der Waals surface area (Å²) < 4.78 is 5.24. The molecule has 1 fully saturated rings. The van der Waals surface area contributed by atoms with Gasteiger partial charge < -0.3 is 14.7 Å². The fourth-order valence-electron chi connectivity index (χ4n) is 3.30. The molecule has 0 aliphatic carbocycles. The Labute approximate surface area is 162 Å². The predicted octanol–water partition coefficient (Wildman–Crippen LogP) is 3.14. The molecule has 3 aromatic rings. The van der Waals surface area contributed by atoms with Crippen molar-refractivity contribution < 1.29 is 9.32 Å². The number of anilines is 1. The average molecular weight is 381 g/mol. The van der Waals surface area contributed by atoms with Crippen LogP contribution in [0, 0.1) is 6.92 Å². The monoisotopic (exact) mass is 381 g/mol. The van der Waals surface area contributed by atoms with Gasteiger partial charge in [0.2, 0.25) is 0 Å². The number of urea groups is 1. The van der Waals surface area contributed by atoms with Crippen LogP contribution >= 0.6 is 0 Å². The van der Waals surface area contributed by atoms with E-state index in [1.165, 1.54) is 0 Å². The van der Waals surface area contributed by atoms with Crippen LogP contribution in [0.4, 0.5) is 10.5 Å². The topological polar surface area (TPSA) is 113 Å². The summed E-state index contributed by atoms with van der Waals surface area (Å²) in [4.78, 5) is 23.1. The smallest absolute Gasteiger partial charge is 0.321 e. The van der Waals surface area contributed by atoms with E-state index >= 15 is 0 Å². The zero-order valence-electron chi connectivity index (χ0n) is 16.0. The fraction of sp³-hybridized carbons (Fsp3) is 0.421. The maximum atomic E-state index is 12.5. The molecule has 1 aromatic carbocycles. The van der Waals surface area contributed by atoms with E-state index in [-0.39, 0.29) is 6.03 Å². The second-order valence-corrected chi connectivity index (χ2v) is 6.92. The summed E-state index contributed by atoms with van der Waals surface area (Å²) in [5.74, 6) is 3.14. The second-order valence-electron chi connectivity index (χ2n) is 6.92. The number of H-pyrrole nitrogens is 1. The third-order valence-electron chi connectivity index (χ3n) is 4.93. The summed E-state index contributed by atoms with van der Waals surface area (Å²) >= 11 is 0. The van der Waals surface area contributed by atoms with Gasteiger partial charge in [-0.05, 0) is 44.0 Å². The second kappa shape index (κ2) is 7.79. The first-order valence-corrected chi connectivity index (χ1v) is 9.50. The Morgan fingerprint density at radius 1 is 1.25 bits per heavy atom. The molecule has 0 bridgehead atoms. The highest BCUT2D eigenvalue weighted by Gasteiger charge is 2.26. The quantitative estimate of drug-likeness (QED) is 0.718. The fourth-order valence-corrected chi connectivity index (χ4v) is 3.30. The van der Waals surface area contributed by atoms with Crippen molar-refractivity contribution in [3.63, 3.8) is 0 Å². The van der Waals surface area contributed by atoms with Gasteiger partial charge in [0.1, 0.15) is 5.82 Å². The molecule has 28 heavy (non-hydrogen) atoms. The molecular weight excluding hydrogens is 358 g/mol. The SMILES string of the molecule is CCc1noc(-c2ccc(NC(=O)N3CCC(c4n[nH]c(C)n4)CC3)cc2)n1. The van der Waals surface area contributed by atoms with Gasteiger partial charge >= 0.3 is 6.03 Å². The molecule has 4 rings (SSSR count). The summed E-state index contributed by atoms with van der Waals surface area (Å²) in [6, 6.07) is 7.31. The Morgan fingerprint density at radius 3 is 2.61 bits per heavy atom. The maximum absolute atomic E-state index is 12.5. The van der Waals surface area contributed by atoms with Gasteiger partial charge in [-0.3, -0.25) is 5.10 Å². The number of likely N-dealkylation sites (tertiary alicyclic amines) is 1. The first-order valence-electron chi connectivity index (χ1n) is 9.50. The van der Waals surface area contributed by atoms with Crippen molar-refractivity contribution in [1.82, 2.24) is 30.2 Å². The highest BCUT2D eigenvalue weighted by molar-refractivity contribution is 5.89. The van der Waals surface area contributed by atoms with E-state index in [2.05, 4.69) is 30.6 Å². The van der Waals surface area contributed by atoms with Gasteiger partial charge in [0.15, 0.2) is 11.6 Å². The lowest BCUT2D eigenvalue weighted by atomic mass is 9.96. The molecule has 9 heteroatoms. The lowest BCUT2D eigenvalue weighted by molar-refractivity contribution is 0.193. The van der Waals surface area contributed by atoms with Gasteiger partial charge in [0.25, 0.3) is 5.89 Å². The standard InChI is InChI=1S/C19H23N7O2/c1-3-16-22-18(28-25-16)14-4-6-15(7-5-14)21-19(27)26-10-8-13(9-11-26)17-20-12(2)23-24-17/h4-7,13H,3,8-11H2,1-2H3,(H,21,27)(H,20,23,24). The lowest BCUT2D eigenvalue weighted by Gasteiger charge is -2.30. The number of aromatic amines is 1. The van der Waals surface area contributed by atoms with Crippen LogP contribution in [0.1, 0.15) is 43.2 Å². The molecule has 0 radical (unpaired) electrons. The van der Waals surface area contributed by atoms with Crippen LogP contribution in [0.5, 0.6) is 0 Å². The Hall–Kier alpha value is -3.23. The van der Waals surface area contributed by atoms with Gasteiger partial charge in [-0.2, -0.15) is 10.1 Å². The van der Waals surface area contributed by atoms with Crippen molar-refractivity contribution in [3.05, 3.63) is 41.7 Å². The third kappa shape index (κ3) is 3.88. The van der Waals surface area contributed by atoms with Crippen molar-refractivity contribution in [1.29, 1.82) is 0 Å². The molecule has 3 heterocycles. The summed E-state index contributed by atoms with van der Waals surface area (Å²) in [5.41, 5.74) is 1.56. The van der Waals surface area contributed by atoms with Crippen molar-refractivity contribution in [2.24, 2.45) is 0 Å². The molecular formula is C19H23N7O2. The first kappa shape index (κ1) is 18.1. The van der Waals surface area contributed by atoms with Crippen LogP contribution in [-0.4, -0.2) is 49.3 Å². The van der Waals surface area contributed by atoms with Crippen molar-refractivity contribution in [2.45, 2.75) is 39.0 Å². The molecule has 2 amide bonds. The minimum atomic E-state index is -0.0940. The van der Waals surface area contributed by atoms with Crippen molar-refractivity contribution >= 4 is 11.7 Å². The van der Waals surface area contributed by atoms with E-state index < -0.39 is 0 Å². The number of rotatable bonds is 4. The average Bonchev–Trinajstić information content (AvgIpc) is 3.38. The Kier molecular flexibility index (Phi) is 5.05. The maximum Gasteiger partial charge on any atom is 0.321 e. The number of nitrogens with zero attached hydrogens (tertiary/aromatic N) is 5. The number of carbonyl (C=O) groups excluding carboxylic acids is 1. The van der Waals surface area contributed by atoms with Gasteiger partial charge in [-0.1, -0.05) is 12.1 Å². The van der Waals surface area contributed by atoms with Gasteiger partial charge in [0, 0.05) is 36.7 Å². The van der Waals surface area contributed by atoms with E-state index in [9.17, 15) is 4.79 Å². The first-order chi connectivity index (χ1) is 13.6. The number of nitrogens with one attached hydrogen (secondary N) is 2. The number of hydrogen-bond donors (Lipinski definition) is 2. The summed E-state index contributed by atoms with van der Waals surface area (Å²) in [7, 11) is 0. The number of aryl methyl sites for hydroxylation is 2. The molecule has 0 spiro atoms. The van der Waals surface area contributed by atoms with Gasteiger partial charge in [-0.15, -0.1) is 0 Å². The van der Waals surface area contributed by atoms with Crippen LogP contribution < -0.4 is 5.32 Å². The van der Waals surface area contributed by atoms with Crippen LogP contribution in [0.15, 0.2) is 28.8 Å². The Morgan fingerprint density at radius 2 is 2.00 bits per heavy atom. The van der Waals surface area contributed by atoms with Gasteiger partial charge in [-0.25, -0.2) is 9.78 Å². The largest absolute Gasteiger partial charge is 0.334 e. The Bertz CT molecular complexity index is 939. The zero-order chi connectivity index (χ0) is 19.5. The minimum Gasteiger partial charge on any atom is -0.334 e. The highest BCUT2D eigenvalue weighted by atomic mass is 16.5. The molecule has 0 atom stereocenters. The number of piperidine rings is 1. The van der Waals surface area contributed by atoms with Gasteiger partial charge in [0.05, 0.1) is 0 Å². The van der Waals surface area contributed by atoms with Crippen molar-refractivity contribution in [3.8, 4) is 11.5 Å². The van der Waals surface area contributed by atoms with E-state index in [4.69, 9.17) is 4.52 Å². The predicted molar refractivity (Wildman–Crippen MR) is 103 cm³/mol. The minimum absolute atomic E-state index is 0.0940. The number of carbonyl (C=O) groups is 1. The van der Waals surface area contributed by atoms with E-state index in [1.54, 1.807) is 0 Å². The zero-order valence-corrected chi connectivity index (χ0v) is 16.0. The molecule has 0 saturated carbocycles.